The van der Waals surface area contributed by atoms with E-state index >= 15 is 0 Å². The minimum Gasteiger partial charge on any atom is -0.480 e. The average Bonchev–Trinajstić information content (AvgIpc) is 2.42. The van der Waals surface area contributed by atoms with Crippen LogP contribution in [0.15, 0.2) is 17.3 Å². The number of carboxylic acid groups (broad SMARTS) is 1. The predicted octanol–water partition coefficient (Wildman–Crippen LogP) is 0.543. The molecule has 0 saturated carbocycles. The predicted molar refractivity (Wildman–Crippen MR) is 71.6 cm³/mol. The summed E-state index contributed by atoms with van der Waals surface area (Å²) >= 11 is 0.815. The van der Waals surface area contributed by atoms with Crippen LogP contribution < -0.4 is 5.32 Å². The van der Waals surface area contributed by atoms with Crippen molar-refractivity contribution in [3.05, 3.63) is 27.9 Å². The highest BCUT2D eigenvalue weighted by molar-refractivity contribution is 7.99. The smallest absolute Gasteiger partial charge is 0.327 e. The van der Waals surface area contributed by atoms with Crippen LogP contribution in [0.4, 0.5) is 5.69 Å². The molecule has 0 fully saturated rings. The highest BCUT2D eigenvalue weighted by Crippen LogP contribution is 2.28. The first-order valence-electron chi connectivity index (χ1n) is 5.52. The fraction of sp³-hybridized carbons (Fsp3) is 0.273. The Hall–Kier alpha value is -2.67. The number of pyridine rings is 1. The van der Waals surface area contributed by atoms with Crippen LogP contribution in [0.5, 0.6) is 0 Å². The summed E-state index contributed by atoms with van der Waals surface area (Å²) in [6.45, 7) is 1.17. The van der Waals surface area contributed by atoms with Gasteiger partial charge in [-0.2, -0.15) is 5.26 Å². The van der Waals surface area contributed by atoms with Gasteiger partial charge >= 0.3 is 11.7 Å². The van der Waals surface area contributed by atoms with E-state index < -0.39 is 22.8 Å². The molecule has 9 nitrogen and oxygen atoms in total. The number of nitrogens with zero attached hydrogens (tertiary/aromatic N) is 3. The first kappa shape index (κ1) is 16.4. The molecule has 1 heterocycles. The fourth-order valence-electron chi connectivity index (χ4n) is 1.33. The van der Waals surface area contributed by atoms with Gasteiger partial charge in [-0.05, 0) is 0 Å². The zero-order valence-electron chi connectivity index (χ0n) is 10.8. The third kappa shape index (κ3) is 4.73. The molecule has 1 atom stereocenters. The van der Waals surface area contributed by atoms with Crippen LogP contribution in [0.2, 0.25) is 0 Å². The molecule has 1 unspecified atom stereocenters. The Kier molecular flexibility index (Phi) is 5.62. The van der Waals surface area contributed by atoms with Crippen molar-refractivity contribution in [3.8, 4) is 6.07 Å². The SMILES string of the molecule is CC(=O)NC(CSc1ncc(C#N)cc1[N+](=O)[O-])C(=O)O. The van der Waals surface area contributed by atoms with Crippen molar-refractivity contribution in [3.63, 3.8) is 0 Å². The first-order valence-corrected chi connectivity index (χ1v) is 6.51. The van der Waals surface area contributed by atoms with E-state index in [2.05, 4.69) is 10.3 Å². The molecular weight excluding hydrogens is 300 g/mol. The molecule has 2 N–H and O–H groups in total. The van der Waals surface area contributed by atoms with Gasteiger partial charge in [0, 0.05) is 24.9 Å². The largest absolute Gasteiger partial charge is 0.480 e. The van der Waals surface area contributed by atoms with E-state index in [4.69, 9.17) is 10.4 Å². The molecule has 0 aliphatic rings. The van der Waals surface area contributed by atoms with Gasteiger partial charge in [0.2, 0.25) is 5.91 Å². The van der Waals surface area contributed by atoms with Crippen LogP contribution in [-0.4, -0.2) is 38.7 Å². The molecule has 0 saturated heterocycles. The van der Waals surface area contributed by atoms with Crippen LogP contribution in [-0.2, 0) is 9.59 Å². The number of amides is 1. The van der Waals surface area contributed by atoms with Crippen molar-refractivity contribution < 1.29 is 19.6 Å². The second-order valence-corrected chi connectivity index (χ2v) is 4.83. The Morgan fingerprint density at radius 3 is 2.81 bits per heavy atom. The Balaban J connectivity index is 2.92. The van der Waals surface area contributed by atoms with E-state index in [1.54, 1.807) is 6.07 Å². The van der Waals surface area contributed by atoms with Gasteiger partial charge in [-0.15, -0.1) is 0 Å². The molecule has 1 amide bonds. The number of carbonyl (C=O) groups excluding carboxylic acids is 1. The highest BCUT2D eigenvalue weighted by Gasteiger charge is 2.22. The topological polar surface area (TPSA) is 146 Å². The molecule has 0 aliphatic heterocycles. The Morgan fingerprint density at radius 1 is 1.67 bits per heavy atom. The number of nitrogens with one attached hydrogen (secondary N) is 1. The second kappa shape index (κ2) is 7.20. The number of hydrogen-bond donors (Lipinski definition) is 2. The first-order chi connectivity index (χ1) is 9.85. The molecule has 1 aromatic heterocycles. The maximum absolute atomic E-state index is 11.0. The molecule has 0 spiro atoms. The number of nitro groups is 1. The van der Waals surface area contributed by atoms with E-state index in [0.717, 1.165) is 24.0 Å². The fourth-order valence-corrected chi connectivity index (χ4v) is 2.29. The summed E-state index contributed by atoms with van der Waals surface area (Å²) in [5.74, 6) is -1.91. The van der Waals surface area contributed by atoms with Crippen molar-refractivity contribution in [1.82, 2.24) is 10.3 Å². The Morgan fingerprint density at radius 2 is 2.33 bits per heavy atom. The normalized spacial score (nSPS) is 11.2. The lowest BCUT2D eigenvalue weighted by Crippen LogP contribution is -2.41. The van der Waals surface area contributed by atoms with E-state index in [-0.39, 0.29) is 22.0 Å². The maximum atomic E-state index is 11.0. The zero-order chi connectivity index (χ0) is 16.0. The number of carbonyl (C=O) groups is 2. The summed E-state index contributed by atoms with van der Waals surface area (Å²) < 4.78 is 0. The van der Waals surface area contributed by atoms with Gasteiger partial charge in [-0.1, -0.05) is 11.8 Å². The highest BCUT2D eigenvalue weighted by atomic mass is 32.2. The van der Waals surface area contributed by atoms with Crippen LogP contribution in [0.25, 0.3) is 0 Å². The van der Waals surface area contributed by atoms with Gasteiger partial charge in [0.25, 0.3) is 0 Å². The summed E-state index contributed by atoms with van der Waals surface area (Å²) in [7, 11) is 0. The van der Waals surface area contributed by atoms with Gasteiger partial charge in [0.1, 0.15) is 12.1 Å². The van der Waals surface area contributed by atoms with Crippen LogP contribution in [0, 0.1) is 21.4 Å². The van der Waals surface area contributed by atoms with E-state index in [9.17, 15) is 19.7 Å². The summed E-state index contributed by atoms with van der Waals surface area (Å²) in [5.41, 5.74) is -0.353. The number of hydrogen-bond acceptors (Lipinski definition) is 7. The molecule has 0 radical (unpaired) electrons. The van der Waals surface area contributed by atoms with E-state index in [0.29, 0.717) is 0 Å². The minimum absolute atomic E-state index is 0.0180. The monoisotopic (exact) mass is 310 g/mol. The third-order valence-electron chi connectivity index (χ3n) is 2.22. The lowest BCUT2D eigenvalue weighted by molar-refractivity contribution is -0.388. The summed E-state index contributed by atoms with van der Waals surface area (Å²) in [6.07, 6.45) is 1.16. The van der Waals surface area contributed by atoms with Crippen molar-refractivity contribution in [2.75, 3.05) is 5.75 Å². The Labute approximate surface area is 123 Å². The van der Waals surface area contributed by atoms with Gasteiger partial charge in [-0.3, -0.25) is 14.9 Å². The van der Waals surface area contributed by atoms with Gasteiger partial charge < -0.3 is 10.4 Å². The molecule has 0 bridgehead atoms. The number of carboxylic acids is 1. The van der Waals surface area contributed by atoms with Gasteiger partial charge in [-0.25, -0.2) is 9.78 Å². The maximum Gasteiger partial charge on any atom is 0.327 e. The lowest BCUT2D eigenvalue weighted by atomic mass is 10.3. The number of thioether (sulfide) groups is 1. The second-order valence-electron chi connectivity index (χ2n) is 3.82. The summed E-state index contributed by atoms with van der Waals surface area (Å²) in [6, 6.07) is 1.60. The standard InChI is InChI=1S/C11H10N4O5S/c1-6(16)14-8(11(17)18)5-21-10-9(15(19)20)2-7(3-12)4-13-10/h2,4,8H,5H2,1H3,(H,14,16)(H,17,18). The molecule has 1 aromatic rings. The molecule has 110 valence electrons. The molecular formula is C11H10N4O5S. The van der Waals surface area contributed by atoms with Gasteiger partial charge in [0.05, 0.1) is 10.5 Å². The van der Waals surface area contributed by atoms with Gasteiger partial charge in [0.15, 0.2) is 5.03 Å². The number of nitriles is 1. The van der Waals surface area contributed by atoms with Crippen LogP contribution in [0.3, 0.4) is 0 Å². The number of rotatable bonds is 6. The number of aromatic nitrogens is 1. The average molecular weight is 310 g/mol. The van der Waals surface area contributed by atoms with Crippen LogP contribution in [0.1, 0.15) is 12.5 Å². The molecule has 0 aliphatic carbocycles. The van der Waals surface area contributed by atoms with E-state index in [1.807, 2.05) is 0 Å². The Bertz CT molecular complexity index is 628. The van der Waals surface area contributed by atoms with Crippen molar-refractivity contribution in [2.45, 2.75) is 18.0 Å². The minimum atomic E-state index is -1.26. The third-order valence-corrected chi connectivity index (χ3v) is 3.31. The summed E-state index contributed by atoms with van der Waals surface area (Å²) in [4.78, 5) is 35.8. The molecule has 0 aromatic carbocycles. The van der Waals surface area contributed by atoms with E-state index in [1.165, 1.54) is 6.92 Å². The lowest BCUT2D eigenvalue weighted by Gasteiger charge is -2.12. The number of aliphatic carboxylic acids is 1. The quantitative estimate of drug-likeness (QED) is 0.439. The van der Waals surface area contributed by atoms with Crippen molar-refractivity contribution >= 4 is 29.3 Å². The molecule has 10 heteroatoms. The zero-order valence-corrected chi connectivity index (χ0v) is 11.6. The molecule has 21 heavy (non-hydrogen) atoms. The van der Waals surface area contributed by atoms with Crippen molar-refractivity contribution in [2.24, 2.45) is 0 Å². The summed E-state index contributed by atoms with van der Waals surface area (Å²) in [5, 5.41) is 30.7. The molecule has 1 rings (SSSR count). The van der Waals surface area contributed by atoms with Crippen LogP contribution >= 0.6 is 11.8 Å². The van der Waals surface area contributed by atoms with Crippen molar-refractivity contribution in [1.29, 1.82) is 5.26 Å².